The minimum absolute atomic E-state index is 0.130. The van der Waals surface area contributed by atoms with Crippen LogP contribution in [0.1, 0.15) is 81.7 Å². The van der Waals surface area contributed by atoms with Crippen LogP contribution in [0, 0.1) is 5.92 Å². The van der Waals surface area contributed by atoms with Gasteiger partial charge in [0.05, 0.1) is 17.6 Å². The summed E-state index contributed by atoms with van der Waals surface area (Å²) >= 11 is 0. The number of allylic oxidation sites excluding steroid dienone is 1. The van der Waals surface area contributed by atoms with E-state index in [1.807, 2.05) is 56.1 Å². The first kappa shape index (κ1) is 27.4. The van der Waals surface area contributed by atoms with Crippen LogP contribution in [0.3, 0.4) is 0 Å². The van der Waals surface area contributed by atoms with E-state index in [-0.39, 0.29) is 18.6 Å². The highest BCUT2D eigenvalue weighted by Crippen LogP contribution is 2.39. The number of aromatic nitrogens is 5. The molecule has 0 spiro atoms. The van der Waals surface area contributed by atoms with Gasteiger partial charge >= 0.3 is 6.09 Å². The van der Waals surface area contributed by atoms with E-state index in [1.54, 1.807) is 11.1 Å². The third-order valence-corrected chi connectivity index (χ3v) is 7.96. The van der Waals surface area contributed by atoms with E-state index in [1.165, 1.54) is 12.8 Å². The lowest BCUT2D eigenvalue weighted by molar-refractivity contribution is 0.0110. The van der Waals surface area contributed by atoms with E-state index >= 15 is 4.39 Å². The number of pyridine rings is 1. The minimum atomic E-state index is -1.17. The number of hydrogen-bond donors (Lipinski definition) is 2. The molecule has 10 nitrogen and oxygen atoms in total. The summed E-state index contributed by atoms with van der Waals surface area (Å²) in [4.78, 5) is 28.8. The highest BCUT2D eigenvalue weighted by atomic mass is 19.1. The van der Waals surface area contributed by atoms with Crippen LogP contribution >= 0.6 is 0 Å². The maximum atomic E-state index is 15.2. The number of H-pyrrole nitrogens is 1. The second kappa shape index (κ2) is 10.9. The van der Waals surface area contributed by atoms with Gasteiger partial charge in [-0.05, 0) is 75.8 Å². The summed E-state index contributed by atoms with van der Waals surface area (Å²) in [6.07, 6.45) is 8.95. The maximum Gasteiger partial charge on any atom is 0.410 e. The van der Waals surface area contributed by atoms with Gasteiger partial charge in [0.2, 0.25) is 5.95 Å². The number of nitrogens with zero attached hydrogens (tertiary/aromatic N) is 6. The standard InChI is InChI=1S/C30H39FN8O2/c1-19(37-9-11-38(12-10-37)29(40)41-30(2,3)4)21-7-8-32-26(15-21)35-28-34-25-14-22(13-24(31)27(25)36-28)23-16-33-39(18-23)17-20-5-6-20/h7-8,14-16,18-20,24H,5-6,9-13,17H2,1-4H3,(H2,32,34,35,36). The van der Waals surface area contributed by atoms with Crippen molar-refractivity contribution in [1.82, 2.24) is 34.5 Å². The quantitative estimate of drug-likeness (QED) is 0.379. The second-order valence-corrected chi connectivity index (χ2v) is 12.4. The first-order valence-electron chi connectivity index (χ1n) is 14.5. The lowest BCUT2D eigenvalue weighted by Crippen LogP contribution is -2.50. The molecule has 0 aromatic carbocycles. The number of alkyl halides is 1. The number of ether oxygens (including phenoxy) is 1. The second-order valence-electron chi connectivity index (χ2n) is 12.4. The molecule has 0 radical (unpaired) electrons. The molecule has 0 bridgehead atoms. The van der Waals surface area contributed by atoms with Crippen LogP contribution in [-0.2, 0) is 11.3 Å². The molecule has 4 heterocycles. The van der Waals surface area contributed by atoms with E-state index in [0.717, 1.165) is 42.3 Å². The first-order chi connectivity index (χ1) is 19.6. The number of anilines is 2. The molecule has 2 atom stereocenters. The topological polar surface area (TPSA) is 104 Å². The largest absolute Gasteiger partial charge is 0.444 e. The molecule has 1 aliphatic heterocycles. The normalized spacial score (nSPS) is 20.4. The van der Waals surface area contributed by atoms with E-state index in [4.69, 9.17) is 4.74 Å². The van der Waals surface area contributed by atoms with Crippen LogP contribution in [0.25, 0.3) is 11.6 Å². The Labute approximate surface area is 240 Å². The number of piperazine rings is 1. The molecule has 6 rings (SSSR count). The lowest BCUT2D eigenvalue weighted by Gasteiger charge is -2.38. The predicted molar refractivity (Wildman–Crippen MR) is 155 cm³/mol. The molecule has 218 valence electrons. The number of amides is 1. The Morgan fingerprint density at radius 1 is 1.24 bits per heavy atom. The molecule has 1 saturated heterocycles. The van der Waals surface area contributed by atoms with Gasteiger partial charge in [0.15, 0.2) is 0 Å². The highest BCUT2D eigenvalue weighted by Gasteiger charge is 2.29. The van der Waals surface area contributed by atoms with Crippen LogP contribution < -0.4 is 5.32 Å². The summed E-state index contributed by atoms with van der Waals surface area (Å²) in [6, 6.07) is 4.12. The number of rotatable bonds is 7. The van der Waals surface area contributed by atoms with Crippen molar-refractivity contribution in [2.75, 3.05) is 31.5 Å². The Morgan fingerprint density at radius 2 is 2.02 bits per heavy atom. The van der Waals surface area contributed by atoms with Crippen molar-refractivity contribution in [3.8, 4) is 0 Å². The number of imidazole rings is 1. The molecule has 3 aliphatic rings. The summed E-state index contributed by atoms with van der Waals surface area (Å²) in [5, 5.41) is 7.70. The zero-order valence-corrected chi connectivity index (χ0v) is 24.2. The monoisotopic (exact) mass is 562 g/mol. The van der Waals surface area contributed by atoms with Crippen molar-refractivity contribution in [2.24, 2.45) is 5.92 Å². The minimum Gasteiger partial charge on any atom is -0.444 e. The smallest absolute Gasteiger partial charge is 0.410 e. The number of hydrogen-bond acceptors (Lipinski definition) is 7. The number of carbonyl (C=O) groups is 1. The van der Waals surface area contributed by atoms with Crippen molar-refractivity contribution >= 4 is 29.5 Å². The van der Waals surface area contributed by atoms with Gasteiger partial charge in [-0.1, -0.05) is 0 Å². The third-order valence-electron chi connectivity index (χ3n) is 7.96. The number of nitrogens with one attached hydrogen (secondary N) is 2. The summed E-state index contributed by atoms with van der Waals surface area (Å²) in [5.41, 5.74) is 3.53. The van der Waals surface area contributed by atoms with Crippen LogP contribution in [0.5, 0.6) is 0 Å². The van der Waals surface area contributed by atoms with Crippen molar-refractivity contribution in [1.29, 1.82) is 0 Å². The number of carbonyl (C=O) groups excluding carboxylic acids is 1. The van der Waals surface area contributed by atoms with E-state index < -0.39 is 11.8 Å². The zero-order chi connectivity index (χ0) is 28.7. The van der Waals surface area contributed by atoms with Crippen LogP contribution in [-0.4, -0.2) is 72.4 Å². The Kier molecular flexibility index (Phi) is 7.31. The predicted octanol–water partition coefficient (Wildman–Crippen LogP) is 5.72. The molecule has 3 aromatic rings. The Hall–Kier alpha value is -3.73. The molecule has 2 N–H and O–H groups in total. The van der Waals surface area contributed by atoms with Crippen molar-refractivity contribution in [3.63, 3.8) is 0 Å². The molecule has 11 heteroatoms. The first-order valence-corrected chi connectivity index (χ1v) is 14.5. The third kappa shape index (κ3) is 6.45. The number of aromatic amines is 1. The van der Waals surface area contributed by atoms with Gasteiger partial charge in [0.1, 0.15) is 17.6 Å². The molecule has 1 amide bonds. The lowest BCUT2D eigenvalue weighted by atomic mass is 9.95. The fourth-order valence-electron chi connectivity index (χ4n) is 5.45. The summed E-state index contributed by atoms with van der Waals surface area (Å²) in [5.74, 6) is 1.82. The molecule has 2 fully saturated rings. The van der Waals surface area contributed by atoms with Gasteiger partial charge in [-0.25, -0.2) is 19.2 Å². The summed E-state index contributed by atoms with van der Waals surface area (Å²) < 4.78 is 22.7. The summed E-state index contributed by atoms with van der Waals surface area (Å²) in [7, 11) is 0. The van der Waals surface area contributed by atoms with Crippen LogP contribution in [0.2, 0.25) is 0 Å². The van der Waals surface area contributed by atoms with E-state index in [9.17, 15) is 4.79 Å². The van der Waals surface area contributed by atoms with Gasteiger partial charge < -0.3 is 19.9 Å². The van der Waals surface area contributed by atoms with E-state index in [2.05, 4.69) is 37.2 Å². The fraction of sp³-hybridized carbons (Fsp3) is 0.533. The van der Waals surface area contributed by atoms with Gasteiger partial charge in [0, 0.05) is 63.1 Å². The molecule has 3 aromatic heterocycles. The molecule has 41 heavy (non-hydrogen) atoms. The zero-order valence-electron chi connectivity index (χ0n) is 24.2. The number of fused-ring (bicyclic) bond motifs is 1. The molecule has 2 unspecified atom stereocenters. The van der Waals surface area contributed by atoms with Crippen LogP contribution in [0.15, 0.2) is 30.7 Å². The van der Waals surface area contributed by atoms with Crippen molar-refractivity contribution in [3.05, 3.63) is 53.2 Å². The van der Waals surface area contributed by atoms with Gasteiger partial charge in [-0.2, -0.15) is 5.10 Å². The molecule has 1 saturated carbocycles. The van der Waals surface area contributed by atoms with E-state index in [0.29, 0.717) is 36.2 Å². The Morgan fingerprint density at radius 3 is 2.76 bits per heavy atom. The SMILES string of the molecule is CC(c1ccnc(Nc2nc3c([nH]2)C(F)CC(c2cnn(CC4CC4)c2)=C3)c1)N1CCN(C(=O)OC(C)(C)C)CC1. The number of halogens is 1. The Bertz CT molecular complexity index is 1430. The van der Waals surface area contributed by atoms with Crippen LogP contribution in [0.4, 0.5) is 21.0 Å². The highest BCUT2D eigenvalue weighted by molar-refractivity contribution is 5.83. The maximum absolute atomic E-state index is 15.2. The molecule has 2 aliphatic carbocycles. The van der Waals surface area contributed by atoms with Gasteiger partial charge in [-0.3, -0.25) is 9.58 Å². The summed E-state index contributed by atoms with van der Waals surface area (Å²) in [6.45, 7) is 11.5. The van der Waals surface area contributed by atoms with Gasteiger partial charge in [0.25, 0.3) is 0 Å². The average Bonchev–Trinajstić information content (AvgIpc) is 3.45. The van der Waals surface area contributed by atoms with Crippen molar-refractivity contribution < 1.29 is 13.9 Å². The fourth-order valence-corrected chi connectivity index (χ4v) is 5.45. The Balaban J connectivity index is 1.10. The average molecular weight is 563 g/mol. The van der Waals surface area contributed by atoms with Crippen molar-refractivity contribution in [2.45, 2.75) is 71.3 Å². The van der Waals surface area contributed by atoms with Gasteiger partial charge in [-0.15, -0.1) is 0 Å². The molecular weight excluding hydrogens is 523 g/mol. The molecular formula is C30H39FN8O2.